The highest BCUT2D eigenvalue weighted by Gasteiger charge is 2.53. The summed E-state index contributed by atoms with van der Waals surface area (Å²) in [4.78, 5) is 11.4. The fourth-order valence-electron chi connectivity index (χ4n) is 1.59. The standard InChI is InChI=1S/C13H13F5NO6S2/c1-3-8(2)9-4-6-10(7-5-9)25-11(20)12(14,15)26(21,22)19-27(23,24)13(16,17)18/h4-8H,3H2,1-2H3/q-1. The number of hydrogen-bond acceptors (Lipinski definition) is 6. The lowest BCUT2D eigenvalue weighted by atomic mass is 9.99. The first kappa shape index (κ1) is 23.2. The maximum atomic E-state index is 13.7. The van der Waals surface area contributed by atoms with Crippen molar-refractivity contribution in [2.75, 3.05) is 0 Å². The van der Waals surface area contributed by atoms with E-state index in [9.17, 15) is 43.6 Å². The highest BCUT2D eigenvalue weighted by Crippen LogP contribution is 2.36. The van der Waals surface area contributed by atoms with E-state index in [0.717, 1.165) is 28.2 Å². The predicted octanol–water partition coefficient (Wildman–Crippen LogP) is 3.25. The minimum atomic E-state index is -6.81. The molecule has 0 spiro atoms. The third kappa shape index (κ3) is 5.13. The van der Waals surface area contributed by atoms with E-state index in [1.807, 2.05) is 13.8 Å². The number of rotatable bonds is 7. The summed E-state index contributed by atoms with van der Waals surface area (Å²) in [5, 5.41) is -5.67. The van der Waals surface area contributed by atoms with E-state index in [1.165, 1.54) is 12.1 Å². The molecule has 0 aliphatic heterocycles. The van der Waals surface area contributed by atoms with Crippen molar-refractivity contribution in [3.05, 3.63) is 34.0 Å². The van der Waals surface area contributed by atoms with Crippen molar-refractivity contribution in [1.82, 2.24) is 0 Å². The lowest BCUT2D eigenvalue weighted by Gasteiger charge is -2.26. The molecule has 1 aromatic rings. The number of alkyl halides is 5. The number of halogens is 5. The molecule has 14 heteroatoms. The zero-order valence-corrected chi connectivity index (χ0v) is 15.3. The third-order valence-corrected chi connectivity index (χ3v) is 6.29. The molecule has 0 aliphatic rings. The number of benzene rings is 1. The second-order valence-corrected chi connectivity index (χ2v) is 8.73. The molecule has 0 saturated heterocycles. The van der Waals surface area contributed by atoms with Crippen molar-refractivity contribution in [3.63, 3.8) is 0 Å². The molecule has 0 aromatic heterocycles. The van der Waals surface area contributed by atoms with Crippen LogP contribution in [0.4, 0.5) is 22.0 Å². The summed E-state index contributed by atoms with van der Waals surface area (Å²) >= 11 is 0. The monoisotopic (exact) mass is 438 g/mol. The lowest BCUT2D eigenvalue weighted by molar-refractivity contribution is -0.150. The molecule has 7 nitrogen and oxygen atoms in total. The molecular formula is C13H13F5NO6S2-. The van der Waals surface area contributed by atoms with Gasteiger partial charge in [-0.3, -0.25) is 0 Å². The zero-order chi connectivity index (χ0) is 21.3. The number of nitrogens with zero attached hydrogens (tertiary/aromatic N) is 1. The Morgan fingerprint density at radius 3 is 1.93 bits per heavy atom. The van der Waals surface area contributed by atoms with Gasteiger partial charge in [0.25, 0.3) is 0 Å². The summed E-state index contributed by atoms with van der Waals surface area (Å²) in [7, 11) is -13.6. The number of carbonyl (C=O) groups excluding carboxylic acids is 1. The number of hydrogen-bond donors (Lipinski definition) is 0. The number of ether oxygens (including phenoxy) is 1. The van der Waals surface area contributed by atoms with Gasteiger partial charge in [0.05, 0.1) is 0 Å². The van der Waals surface area contributed by atoms with Gasteiger partial charge in [0.2, 0.25) is 0 Å². The van der Waals surface area contributed by atoms with Crippen LogP contribution in [0.3, 0.4) is 0 Å². The van der Waals surface area contributed by atoms with E-state index in [4.69, 9.17) is 0 Å². The molecule has 154 valence electrons. The normalized spacial score (nSPS) is 14.6. The summed E-state index contributed by atoms with van der Waals surface area (Å²) in [6.07, 6.45) is 0.741. The minimum absolute atomic E-state index is 0.0861. The summed E-state index contributed by atoms with van der Waals surface area (Å²) in [6, 6.07) is 4.93. The van der Waals surface area contributed by atoms with Crippen molar-refractivity contribution >= 4 is 26.0 Å². The largest absolute Gasteiger partial charge is 0.480 e. The van der Waals surface area contributed by atoms with Gasteiger partial charge in [-0.2, -0.15) is 22.0 Å². The second kappa shape index (κ2) is 7.67. The van der Waals surface area contributed by atoms with E-state index in [1.54, 1.807) is 0 Å². The van der Waals surface area contributed by atoms with Gasteiger partial charge in [0.15, 0.2) is 20.0 Å². The highest BCUT2D eigenvalue weighted by atomic mass is 32.3. The van der Waals surface area contributed by atoms with E-state index in [2.05, 4.69) is 4.74 Å². The summed E-state index contributed by atoms with van der Waals surface area (Å²) in [5.74, 6) is -3.25. The summed E-state index contributed by atoms with van der Waals surface area (Å²) < 4.78 is 113. The van der Waals surface area contributed by atoms with Crippen LogP contribution in [0.1, 0.15) is 31.7 Å². The Morgan fingerprint density at radius 2 is 1.52 bits per heavy atom. The zero-order valence-electron chi connectivity index (χ0n) is 13.7. The Labute approximate surface area is 151 Å². The highest BCUT2D eigenvalue weighted by molar-refractivity contribution is 8.13. The average molecular weight is 438 g/mol. The maximum absolute atomic E-state index is 13.7. The number of esters is 1. The van der Waals surface area contributed by atoms with Crippen molar-refractivity contribution in [3.8, 4) is 5.75 Å². The SMILES string of the molecule is CCC(C)c1ccc(OC(=O)C(F)(F)S(=O)(=O)[N-]S(=O)(=O)C(F)(F)F)cc1. The van der Waals surface area contributed by atoms with Crippen LogP contribution < -0.4 is 4.74 Å². The van der Waals surface area contributed by atoms with E-state index in [-0.39, 0.29) is 5.92 Å². The quantitative estimate of drug-likeness (QED) is 0.367. The molecule has 0 bridgehead atoms. The molecule has 0 radical (unpaired) electrons. The predicted molar refractivity (Wildman–Crippen MR) is 83.0 cm³/mol. The van der Waals surface area contributed by atoms with Gasteiger partial charge in [-0.25, -0.2) is 21.6 Å². The molecule has 1 atom stereocenters. The van der Waals surface area contributed by atoms with Crippen LogP contribution in [0.15, 0.2) is 24.3 Å². The van der Waals surface area contributed by atoms with Gasteiger partial charge in [0.1, 0.15) is 5.75 Å². The molecule has 0 N–H and O–H groups in total. The first-order valence-electron chi connectivity index (χ1n) is 7.05. The van der Waals surface area contributed by atoms with E-state index >= 15 is 0 Å². The Hall–Kier alpha value is -1.80. The molecule has 1 unspecified atom stereocenters. The molecule has 0 heterocycles. The van der Waals surface area contributed by atoms with Crippen LogP contribution >= 0.6 is 0 Å². The van der Waals surface area contributed by atoms with Crippen molar-refractivity contribution in [2.45, 2.75) is 36.9 Å². The topological polar surface area (TPSA) is 109 Å². The van der Waals surface area contributed by atoms with E-state index < -0.39 is 42.5 Å². The molecule has 0 aliphatic carbocycles. The van der Waals surface area contributed by atoms with E-state index in [0.29, 0.717) is 0 Å². The Bertz CT molecular complexity index is 894. The van der Waals surface area contributed by atoms with Crippen molar-refractivity contribution < 1.29 is 48.3 Å². The molecular weight excluding hydrogens is 425 g/mol. The Balaban J connectivity index is 3.04. The smallest absolute Gasteiger partial charge is 0.423 e. The van der Waals surface area contributed by atoms with Gasteiger partial charge >= 0.3 is 16.7 Å². The minimum Gasteiger partial charge on any atom is -0.423 e. The van der Waals surface area contributed by atoms with Gasteiger partial charge < -0.3 is 8.86 Å². The van der Waals surface area contributed by atoms with Crippen LogP contribution in [-0.4, -0.2) is 33.6 Å². The fraction of sp³-hybridized carbons (Fsp3) is 0.462. The average Bonchev–Trinajstić information content (AvgIpc) is 2.52. The first-order chi connectivity index (χ1) is 12.0. The molecule has 0 saturated carbocycles. The van der Waals surface area contributed by atoms with Crippen LogP contribution in [0.5, 0.6) is 5.75 Å². The second-order valence-electron chi connectivity index (χ2n) is 5.26. The molecule has 0 fully saturated rings. The van der Waals surface area contributed by atoms with Crippen molar-refractivity contribution in [1.29, 1.82) is 0 Å². The van der Waals surface area contributed by atoms with Crippen molar-refractivity contribution in [2.24, 2.45) is 0 Å². The third-order valence-electron chi connectivity index (χ3n) is 3.32. The van der Waals surface area contributed by atoms with Crippen LogP contribution in [-0.2, 0) is 24.8 Å². The molecule has 27 heavy (non-hydrogen) atoms. The molecule has 0 amide bonds. The first-order valence-corrected chi connectivity index (χ1v) is 9.93. The maximum Gasteiger partial charge on any atom is 0.480 e. The lowest BCUT2D eigenvalue weighted by Crippen LogP contribution is -2.42. The van der Waals surface area contributed by atoms with Crippen LogP contribution in [0.2, 0.25) is 0 Å². The van der Waals surface area contributed by atoms with Gasteiger partial charge in [-0.15, -0.1) is 0 Å². The van der Waals surface area contributed by atoms with Gasteiger partial charge in [-0.05, 0) is 30.0 Å². The summed E-state index contributed by atoms with van der Waals surface area (Å²) in [5.41, 5.74) is -5.49. The van der Waals surface area contributed by atoms with Crippen LogP contribution in [0, 0.1) is 0 Å². The number of sulfonamides is 2. The molecule has 1 rings (SSSR count). The number of carbonyl (C=O) groups is 1. The Kier molecular flexibility index (Phi) is 6.60. The van der Waals surface area contributed by atoms with Gasteiger partial charge in [0, 0.05) is 0 Å². The fourth-order valence-corrected chi connectivity index (χ4v) is 3.59. The van der Waals surface area contributed by atoms with Gasteiger partial charge in [-0.1, -0.05) is 26.0 Å². The Morgan fingerprint density at radius 1 is 1.04 bits per heavy atom. The van der Waals surface area contributed by atoms with Crippen LogP contribution in [0.25, 0.3) is 4.13 Å². The summed E-state index contributed by atoms with van der Waals surface area (Å²) in [6.45, 7) is 3.73. The molecule has 1 aromatic carbocycles.